The van der Waals surface area contributed by atoms with Gasteiger partial charge < -0.3 is 21.1 Å². The average Bonchev–Trinajstić information content (AvgIpc) is 2.15. The Morgan fingerprint density at radius 2 is 1.82 bits per heavy atom. The monoisotopic (exact) mass is 472 g/mol. The third kappa shape index (κ3) is 3.86. The van der Waals surface area contributed by atoms with Crippen molar-refractivity contribution in [3.8, 4) is 0 Å². The SMILES string of the molecule is CC(C)(C)C1C(O)OC(COI)C(OI)C1O. The van der Waals surface area contributed by atoms with Gasteiger partial charge in [-0.25, -0.2) is 0 Å². The maximum absolute atomic E-state index is 10.3. The number of hydrogen-bond donors (Lipinski definition) is 2. The van der Waals surface area contributed by atoms with Gasteiger partial charge in [0.1, 0.15) is 58.2 Å². The van der Waals surface area contributed by atoms with Gasteiger partial charge in [-0.05, 0) is 5.41 Å². The Kier molecular flexibility index (Phi) is 6.35. The van der Waals surface area contributed by atoms with Crippen LogP contribution >= 0.6 is 46.0 Å². The summed E-state index contributed by atoms with van der Waals surface area (Å²) in [7, 11) is 0. The van der Waals surface area contributed by atoms with Crippen molar-refractivity contribution in [2.75, 3.05) is 6.61 Å². The summed E-state index contributed by atoms with van der Waals surface area (Å²) in [5.74, 6) is -0.396. The van der Waals surface area contributed by atoms with Gasteiger partial charge in [0.25, 0.3) is 0 Å². The molecule has 0 amide bonds. The van der Waals surface area contributed by atoms with Crippen LogP contribution in [0, 0.1) is 11.3 Å². The zero-order valence-electron chi connectivity index (χ0n) is 9.97. The van der Waals surface area contributed by atoms with E-state index in [9.17, 15) is 10.2 Å². The van der Waals surface area contributed by atoms with Crippen molar-refractivity contribution in [3.63, 3.8) is 0 Å². The van der Waals surface area contributed by atoms with Crippen LogP contribution in [0.4, 0.5) is 0 Å². The summed E-state index contributed by atoms with van der Waals surface area (Å²) in [5, 5.41) is 20.3. The van der Waals surface area contributed by atoms with Gasteiger partial charge in [0.05, 0.1) is 12.7 Å². The lowest BCUT2D eigenvalue weighted by atomic mass is 9.73. The number of hydrogen-bond acceptors (Lipinski definition) is 5. The van der Waals surface area contributed by atoms with Crippen molar-refractivity contribution in [2.24, 2.45) is 11.3 Å². The van der Waals surface area contributed by atoms with E-state index in [2.05, 4.69) is 0 Å². The molecule has 2 N–H and O–H groups in total. The van der Waals surface area contributed by atoms with Gasteiger partial charge >= 0.3 is 0 Å². The molecule has 0 aromatic heterocycles. The molecule has 0 aromatic carbocycles. The van der Waals surface area contributed by atoms with Crippen molar-refractivity contribution in [2.45, 2.75) is 45.4 Å². The molecule has 7 heteroatoms. The number of ether oxygens (including phenoxy) is 1. The third-order valence-corrected chi connectivity index (χ3v) is 3.97. The third-order valence-electron chi connectivity index (χ3n) is 3.02. The number of aliphatic hydroxyl groups excluding tert-OH is 2. The normalized spacial score (nSPS) is 39.4. The van der Waals surface area contributed by atoms with E-state index in [1.807, 2.05) is 20.8 Å². The Labute approximate surface area is 130 Å². The maximum atomic E-state index is 10.3. The molecule has 1 fully saturated rings. The molecule has 1 rings (SSSR count). The largest absolute Gasteiger partial charge is 0.390 e. The predicted molar refractivity (Wildman–Crippen MR) is 78.7 cm³/mol. The van der Waals surface area contributed by atoms with E-state index in [0.717, 1.165) is 0 Å². The molecular formula is C10H18I2O5. The first-order valence-electron chi connectivity index (χ1n) is 5.35. The molecule has 0 bridgehead atoms. The molecular weight excluding hydrogens is 454 g/mol. The van der Waals surface area contributed by atoms with Crippen LogP contribution in [-0.4, -0.2) is 41.4 Å². The van der Waals surface area contributed by atoms with E-state index >= 15 is 0 Å². The first-order chi connectivity index (χ1) is 7.82. The molecule has 0 radical (unpaired) electrons. The van der Waals surface area contributed by atoms with Gasteiger partial charge in [-0.1, -0.05) is 20.8 Å². The first-order valence-corrected chi connectivity index (χ1v) is 7.11. The van der Waals surface area contributed by atoms with Gasteiger partial charge in [0.2, 0.25) is 0 Å². The molecule has 0 saturated carbocycles. The van der Waals surface area contributed by atoms with Crippen LogP contribution in [0.15, 0.2) is 0 Å². The van der Waals surface area contributed by atoms with Crippen LogP contribution in [0.1, 0.15) is 20.8 Å². The minimum absolute atomic E-state index is 0.263. The topological polar surface area (TPSA) is 68.2 Å². The lowest BCUT2D eigenvalue weighted by molar-refractivity contribution is -0.275. The number of rotatable bonds is 3. The van der Waals surface area contributed by atoms with Crippen molar-refractivity contribution >= 4 is 46.0 Å². The fourth-order valence-corrected chi connectivity index (χ4v) is 3.16. The highest BCUT2D eigenvalue weighted by Crippen LogP contribution is 2.39. The molecule has 1 aliphatic rings. The minimum atomic E-state index is -1.01. The van der Waals surface area contributed by atoms with Gasteiger partial charge in [0.15, 0.2) is 6.29 Å². The fourth-order valence-electron chi connectivity index (χ4n) is 2.18. The van der Waals surface area contributed by atoms with Crippen molar-refractivity contribution in [1.29, 1.82) is 0 Å². The highest BCUT2D eigenvalue weighted by Gasteiger charge is 2.49. The second-order valence-corrected chi connectivity index (χ2v) is 6.41. The first kappa shape index (κ1) is 16.3. The zero-order chi connectivity index (χ0) is 13.2. The van der Waals surface area contributed by atoms with E-state index in [1.165, 1.54) is 0 Å². The van der Waals surface area contributed by atoms with Crippen LogP contribution < -0.4 is 0 Å². The summed E-state index contributed by atoms with van der Waals surface area (Å²) in [6.07, 6.45) is -2.76. The van der Waals surface area contributed by atoms with Crippen LogP contribution in [0.2, 0.25) is 0 Å². The van der Waals surface area contributed by atoms with E-state index in [-0.39, 0.29) is 12.0 Å². The molecule has 1 heterocycles. The van der Waals surface area contributed by atoms with Crippen LogP contribution in [0.3, 0.4) is 0 Å². The van der Waals surface area contributed by atoms with Crippen LogP contribution in [-0.2, 0) is 10.9 Å². The maximum Gasteiger partial charge on any atom is 0.161 e. The molecule has 1 aliphatic heterocycles. The highest BCUT2D eigenvalue weighted by atomic mass is 127. The quantitative estimate of drug-likeness (QED) is 0.615. The Hall–Kier alpha value is 1.26. The summed E-state index contributed by atoms with van der Waals surface area (Å²) < 4.78 is 15.7. The van der Waals surface area contributed by atoms with Gasteiger partial charge in [0, 0.05) is 5.92 Å². The Morgan fingerprint density at radius 3 is 2.24 bits per heavy atom. The van der Waals surface area contributed by atoms with E-state index < -0.39 is 30.5 Å². The summed E-state index contributed by atoms with van der Waals surface area (Å²) in [4.78, 5) is 0. The lowest BCUT2D eigenvalue weighted by Gasteiger charge is -2.46. The van der Waals surface area contributed by atoms with E-state index in [4.69, 9.17) is 10.9 Å². The molecule has 5 atom stereocenters. The molecule has 17 heavy (non-hydrogen) atoms. The van der Waals surface area contributed by atoms with Crippen molar-refractivity contribution in [1.82, 2.24) is 0 Å². The molecule has 102 valence electrons. The van der Waals surface area contributed by atoms with E-state index in [0.29, 0.717) is 0 Å². The average molecular weight is 472 g/mol. The Bertz CT molecular complexity index is 245. The minimum Gasteiger partial charge on any atom is -0.390 e. The summed E-state index contributed by atoms with van der Waals surface area (Å²) in [6, 6.07) is 0. The van der Waals surface area contributed by atoms with Gasteiger partial charge in [-0.2, -0.15) is 0 Å². The van der Waals surface area contributed by atoms with Crippen molar-refractivity contribution in [3.05, 3.63) is 0 Å². The molecule has 1 saturated heterocycles. The summed E-state index contributed by atoms with van der Waals surface area (Å²) in [5.41, 5.74) is -0.275. The van der Waals surface area contributed by atoms with Crippen LogP contribution in [0.25, 0.3) is 0 Å². The smallest absolute Gasteiger partial charge is 0.161 e. The molecule has 5 unspecified atom stereocenters. The molecule has 0 aliphatic carbocycles. The fraction of sp³-hybridized carbons (Fsp3) is 1.00. The summed E-state index contributed by atoms with van der Waals surface area (Å²) in [6.45, 7) is 6.12. The summed E-state index contributed by atoms with van der Waals surface area (Å²) >= 11 is 3.49. The van der Waals surface area contributed by atoms with Gasteiger partial charge in [-0.3, -0.25) is 0 Å². The molecule has 0 spiro atoms. The number of aliphatic hydroxyl groups is 2. The Balaban J connectivity index is 2.87. The lowest BCUT2D eigenvalue weighted by Crippen LogP contribution is -2.59. The van der Waals surface area contributed by atoms with Gasteiger partial charge in [-0.15, -0.1) is 0 Å². The second kappa shape index (κ2) is 6.62. The highest BCUT2D eigenvalue weighted by molar-refractivity contribution is 14.1. The van der Waals surface area contributed by atoms with Crippen LogP contribution in [0.5, 0.6) is 0 Å². The molecule has 5 nitrogen and oxygen atoms in total. The molecule has 0 aromatic rings. The number of halogens is 2. The Morgan fingerprint density at radius 1 is 1.24 bits per heavy atom. The van der Waals surface area contributed by atoms with E-state index in [1.54, 1.807) is 46.0 Å². The zero-order valence-corrected chi connectivity index (χ0v) is 14.3. The second-order valence-electron chi connectivity index (χ2n) is 5.28. The van der Waals surface area contributed by atoms with Crippen molar-refractivity contribution < 1.29 is 21.1 Å². The standard InChI is InChI=1S/C10H18I2O5/c1-10(2,3)6-7(13)8(17-12)5(4-15-11)16-9(6)14/h5-9,13-14H,4H2,1-3H3. The predicted octanol–water partition coefficient (Wildman–Crippen LogP) is 1.83.